The SMILES string of the molecule is Cc1cccc(-c2cc(N)c(C)nc2C(C)C)c1. The number of pyridine rings is 1. The number of benzene rings is 1. The lowest BCUT2D eigenvalue weighted by Gasteiger charge is -2.15. The summed E-state index contributed by atoms with van der Waals surface area (Å²) < 4.78 is 0. The Labute approximate surface area is 109 Å². The van der Waals surface area contributed by atoms with E-state index in [9.17, 15) is 0 Å². The topological polar surface area (TPSA) is 38.9 Å². The third-order valence-corrected chi connectivity index (χ3v) is 3.16. The van der Waals surface area contributed by atoms with Gasteiger partial charge in [-0.25, -0.2) is 0 Å². The molecule has 0 aliphatic heterocycles. The van der Waals surface area contributed by atoms with Gasteiger partial charge in [-0.1, -0.05) is 43.7 Å². The molecule has 0 saturated carbocycles. The van der Waals surface area contributed by atoms with Crippen molar-refractivity contribution in [1.29, 1.82) is 0 Å². The number of hydrogen-bond acceptors (Lipinski definition) is 2. The lowest BCUT2D eigenvalue weighted by atomic mass is 9.95. The van der Waals surface area contributed by atoms with Gasteiger partial charge in [-0.15, -0.1) is 0 Å². The number of nitrogens with zero attached hydrogens (tertiary/aromatic N) is 1. The molecular formula is C16H20N2. The van der Waals surface area contributed by atoms with Gasteiger partial charge in [0.2, 0.25) is 0 Å². The summed E-state index contributed by atoms with van der Waals surface area (Å²) in [6.07, 6.45) is 0. The first-order valence-electron chi connectivity index (χ1n) is 6.33. The normalized spacial score (nSPS) is 10.9. The van der Waals surface area contributed by atoms with Gasteiger partial charge in [-0.05, 0) is 31.4 Å². The average molecular weight is 240 g/mol. The van der Waals surface area contributed by atoms with Crippen LogP contribution < -0.4 is 5.73 Å². The number of anilines is 1. The van der Waals surface area contributed by atoms with E-state index in [2.05, 4.69) is 50.0 Å². The van der Waals surface area contributed by atoms with Crippen molar-refractivity contribution >= 4 is 5.69 Å². The fourth-order valence-corrected chi connectivity index (χ4v) is 2.12. The molecule has 0 saturated heterocycles. The van der Waals surface area contributed by atoms with Gasteiger partial charge in [-0.3, -0.25) is 4.98 Å². The predicted molar refractivity (Wildman–Crippen MR) is 77.6 cm³/mol. The number of hydrogen-bond donors (Lipinski definition) is 1. The average Bonchev–Trinajstić information content (AvgIpc) is 2.31. The van der Waals surface area contributed by atoms with Crippen molar-refractivity contribution in [3.63, 3.8) is 0 Å². The Morgan fingerprint density at radius 1 is 1.11 bits per heavy atom. The van der Waals surface area contributed by atoms with Gasteiger partial charge in [0.25, 0.3) is 0 Å². The molecule has 0 spiro atoms. The van der Waals surface area contributed by atoms with Crippen LogP contribution in [0.4, 0.5) is 5.69 Å². The molecule has 0 fully saturated rings. The van der Waals surface area contributed by atoms with E-state index in [1.165, 1.54) is 11.1 Å². The van der Waals surface area contributed by atoms with Crippen LogP contribution in [-0.2, 0) is 0 Å². The molecule has 1 aromatic heterocycles. The second-order valence-corrected chi connectivity index (χ2v) is 5.12. The van der Waals surface area contributed by atoms with E-state index in [0.717, 1.165) is 22.6 Å². The van der Waals surface area contributed by atoms with Crippen LogP contribution in [0.3, 0.4) is 0 Å². The second kappa shape index (κ2) is 4.81. The van der Waals surface area contributed by atoms with Crippen molar-refractivity contribution in [1.82, 2.24) is 4.98 Å². The lowest BCUT2D eigenvalue weighted by molar-refractivity contribution is 0.819. The van der Waals surface area contributed by atoms with Crippen LogP contribution in [0.5, 0.6) is 0 Å². The fourth-order valence-electron chi connectivity index (χ4n) is 2.12. The molecule has 1 heterocycles. The molecule has 2 heteroatoms. The largest absolute Gasteiger partial charge is 0.397 e. The van der Waals surface area contributed by atoms with Crippen molar-refractivity contribution in [2.45, 2.75) is 33.6 Å². The van der Waals surface area contributed by atoms with Crippen LogP contribution in [-0.4, -0.2) is 4.98 Å². The highest BCUT2D eigenvalue weighted by atomic mass is 14.8. The molecule has 2 N–H and O–H groups in total. The summed E-state index contributed by atoms with van der Waals surface area (Å²) in [6, 6.07) is 10.5. The molecular weight excluding hydrogens is 220 g/mol. The van der Waals surface area contributed by atoms with E-state index in [4.69, 9.17) is 5.73 Å². The van der Waals surface area contributed by atoms with Gasteiger partial charge in [-0.2, -0.15) is 0 Å². The summed E-state index contributed by atoms with van der Waals surface area (Å²) in [6.45, 7) is 8.39. The third kappa shape index (κ3) is 2.37. The number of rotatable bonds is 2. The maximum Gasteiger partial charge on any atom is 0.0605 e. The minimum absolute atomic E-state index is 0.389. The zero-order chi connectivity index (χ0) is 13.3. The molecule has 0 aliphatic rings. The quantitative estimate of drug-likeness (QED) is 0.859. The first kappa shape index (κ1) is 12.6. The Kier molecular flexibility index (Phi) is 3.37. The summed E-state index contributed by atoms with van der Waals surface area (Å²) in [5, 5.41) is 0. The molecule has 2 aromatic rings. The van der Waals surface area contributed by atoms with E-state index in [0.29, 0.717) is 5.92 Å². The van der Waals surface area contributed by atoms with Gasteiger partial charge in [0, 0.05) is 5.56 Å². The molecule has 0 amide bonds. The fraction of sp³-hybridized carbons (Fsp3) is 0.312. The predicted octanol–water partition coefficient (Wildman–Crippen LogP) is 4.07. The van der Waals surface area contributed by atoms with Gasteiger partial charge < -0.3 is 5.73 Å². The van der Waals surface area contributed by atoms with Crippen molar-refractivity contribution in [3.05, 3.63) is 47.3 Å². The zero-order valence-corrected chi connectivity index (χ0v) is 11.5. The van der Waals surface area contributed by atoms with Crippen LogP contribution in [0.25, 0.3) is 11.1 Å². The third-order valence-electron chi connectivity index (χ3n) is 3.16. The van der Waals surface area contributed by atoms with Crippen LogP contribution in [0, 0.1) is 13.8 Å². The molecule has 2 nitrogen and oxygen atoms in total. The van der Waals surface area contributed by atoms with E-state index in [1.54, 1.807) is 0 Å². The van der Waals surface area contributed by atoms with Crippen molar-refractivity contribution < 1.29 is 0 Å². The lowest BCUT2D eigenvalue weighted by Crippen LogP contribution is -2.02. The molecule has 0 bridgehead atoms. The summed E-state index contributed by atoms with van der Waals surface area (Å²) in [7, 11) is 0. The Morgan fingerprint density at radius 3 is 2.44 bits per heavy atom. The van der Waals surface area contributed by atoms with Crippen LogP contribution >= 0.6 is 0 Å². The van der Waals surface area contributed by atoms with Gasteiger partial charge >= 0.3 is 0 Å². The zero-order valence-electron chi connectivity index (χ0n) is 11.5. The van der Waals surface area contributed by atoms with E-state index >= 15 is 0 Å². The highest BCUT2D eigenvalue weighted by Gasteiger charge is 2.12. The summed E-state index contributed by atoms with van der Waals surface area (Å²) in [4.78, 5) is 4.65. The highest BCUT2D eigenvalue weighted by molar-refractivity contribution is 5.71. The first-order chi connectivity index (χ1) is 8.49. The van der Waals surface area contributed by atoms with Gasteiger partial charge in [0.1, 0.15) is 0 Å². The molecule has 2 rings (SSSR count). The van der Waals surface area contributed by atoms with Crippen LogP contribution in [0.2, 0.25) is 0 Å². The van der Waals surface area contributed by atoms with Gasteiger partial charge in [0.15, 0.2) is 0 Å². The first-order valence-corrected chi connectivity index (χ1v) is 6.33. The molecule has 0 aliphatic carbocycles. The Hall–Kier alpha value is -1.83. The maximum atomic E-state index is 6.00. The second-order valence-electron chi connectivity index (χ2n) is 5.12. The van der Waals surface area contributed by atoms with Gasteiger partial charge in [0.05, 0.1) is 17.1 Å². The van der Waals surface area contributed by atoms with Crippen molar-refractivity contribution in [2.75, 3.05) is 5.73 Å². The molecule has 18 heavy (non-hydrogen) atoms. The van der Waals surface area contributed by atoms with E-state index < -0.39 is 0 Å². The highest BCUT2D eigenvalue weighted by Crippen LogP contribution is 2.30. The smallest absolute Gasteiger partial charge is 0.0605 e. The molecule has 1 aromatic carbocycles. The van der Waals surface area contributed by atoms with E-state index in [-0.39, 0.29) is 0 Å². The summed E-state index contributed by atoms with van der Waals surface area (Å²) in [5.41, 5.74) is 12.4. The molecule has 0 atom stereocenters. The maximum absolute atomic E-state index is 6.00. The Balaban J connectivity index is 2.66. The standard InChI is InChI=1S/C16H20N2/c1-10(2)16-14(9-15(17)12(4)18-16)13-7-5-6-11(3)8-13/h5-10H,17H2,1-4H3. The van der Waals surface area contributed by atoms with Crippen LogP contribution in [0.1, 0.15) is 36.7 Å². The van der Waals surface area contributed by atoms with Crippen molar-refractivity contribution in [2.24, 2.45) is 0 Å². The number of aromatic nitrogens is 1. The minimum Gasteiger partial charge on any atom is -0.397 e. The number of nitrogens with two attached hydrogens (primary N) is 1. The molecule has 94 valence electrons. The molecule has 0 unspecified atom stereocenters. The van der Waals surface area contributed by atoms with E-state index in [1.807, 2.05) is 13.0 Å². The Morgan fingerprint density at radius 2 is 1.83 bits per heavy atom. The number of nitrogen functional groups attached to an aromatic ring is 1. The monoisotopic (exact) mass is 240 g/mol. The minimum atomic E-state index is 0.389. The van der Waals surface area contributed by atoms with Crippen LogP contribution in [0.15, 0.2) is 30.3 Å². The summed E-state index contributed by atoms with van der Waals surface area (Å²) in [5.74, 6) is 0.389. The summed E-state index contributed by atoms with van der Waals surface area (Å²) >= 11 is 0. The molecule has 0 radical (unpaired) electrons. The Bertz CT molecular complexity index is 571. The number of aryl methyl sites for hydroxylation is 2. The van der Waals surface area contributed by atoms with Crippen molar-refractivity contribution in [3.8, 4) is 11.1 Å².